The number of carbonyl (C=O) groups excluding carboxylic acids is 2. The van der Waals surface area contributed by atoms with Gasteiger partial charge in [0.25, 0.3) is 0 Å². The lowest BCUT2D eigenvalue weighted by molar-refractivity contribution is -0.137. The third kappa shape index (κ3) is 4.73. The molecule has 25 heavy (non-hydrogen) atoms. The van der Waals surface area contributed by atoms with Gasteiger partial charge in [0.15, 0.2) is 0 Å². The van der Waals surface area contributed by atoms with Crippen molar-refractivity contribution in [1.29, 1.82) is 0 Å². The van der Waals surface area contributed by atoms with Crippen LogP contribution in [-0.4, -0.2) is 11.8 Å². The fourth-order valence-corrected chi connectivity index (χ4v) is 2.34. The number of halogens is 4. The molecule has 0 fully saturated rings. The number of rotatable bonds is 2. The Morgan fingerprint density at radius 3 is 2.04 bits per heavy atom. The predicted molar refractivity (Wildman–Crippen MR) is 89.6 cm³/mol. The van der Waals surface area contributed by atoms with Gasteiger partial charge < -0.3 is 10.6 Å². The molecule has 2 rings (SSSR count). The van der Waals surface area contributed by atoms with Crippen LogP contribution in [0.2, 0.25) is 5.02 Å². The molecule has 0 spiro atoms. The van der Waals surface area contributed by atoms with Gasteiger partial charge in [-0.3, -0.25) is 9.59 Å². The van der Waals surface area contributed by atoms with E-state index >= 15 is 0 Å². The summed E-state index contributed by atoms with van der Waals surface area (Å²) >= 11 is 5.57. The summed E-state index contributed by atoms with van der Waals surface area (Å²) < 4.78 is 39.0. The van der Waals surface area contributed by atoms with Crippen molar-refractivity contribution >= 4 is 34.8 Å². The average molecular weight is 371 g/mol. The third-order valence-electron chi connectivity index (χ3n) is 3.37. The summed E-state index contributed by atoms with van der Waals surface area (Å²) in [4.78, 5) is 23.9. The number of alkyl halides is 3. The van der Waals surface area contributed by atoms with E-state index < -0.39 is 29.2 Å². The van der Waals surface area contributed by atoms with Crippen molar-refractivity contribution < 1.29 is 22.8 Å². The Labute approximate surface area is 147 Å². The van der Waals surface area contributed by atoms with Crippen molar-refractivity contribution in [2.75, 3.05) is 10.6 Å². The van der Waals surface area contributed by atoms with Crippen molar-refractivity contribution in [2.45, 2.75) is 20.0 Å². The number of hydrogen-bond donors (Lipinski definition) is 2. The van der Waals surface area contributed by atoms with Gasteiger partial charge in [-0.2, -0.15) is 13.2 Å². The molecule has 0 aromatic heterocycles. The maximum atomic E-state index is 13.0. The Morgan fingerprint density at radius 2 is 1.48 bits per heavy atom. The molecule has 0 heterocycles. The summed E-state index contributed by atoms with van der Waals surface area (Å²) in [6, 6.07) is 8.01. The lowest BCUT2D eigenvalue weighted by Gasteiger charge is -2.14. The first-order chi connectivity index (χ1) is 11.6. The number of benzene rings is 2. The summed E-state index contributed by atoms with van der Waals surface area (Å²) in [5.41, 5.74) is 0.419. The van der Waals surface area contributed by atoms with Gasteiger partial charge in [0, 0.05) is 10.7 Å². The van der Waals surface area contributed by atoms with Gasteiger partial charge >= 0.3 is 18.0 Å². The smallest absolute Gasteiger partial charge is 0.318 e. The minimum atomic E-state index is -4.72. The molecular weight excluding hydrogens is 357 g/mol. The summed E-state index contributed by atoms with van der Waals surface area (Å²) in [5, 5.41) is 4.20. The second-order valence-electron chi connectivity index (χ2n) is 5.41. The molecule has 2 aromatic rings. The molecule has 0 saturated carbocycles. The summed E-state index contributed by atoms with van der Waals surface area (Å²) in [7, 11) is 0. The summed E-state index contributed by atoms with van der Waals surface area (Å²) in [5.74, 6) is -2.29. The second kappa shape index (κ2) is 7.14. The molecule has 2 aromatic carbocycles. The van der Waals surface area contributed by atoms with E-state index in [0.29, 0.717) is 11.8 Å². The zero-order valence-electron chi connectivity index (χ0n) is 13.3. The van der Waals surface area contributed by atoms with Gasteiger partial charge in [0.1, 0.15) is 0 Å². The molecule has 2 N–H and O–H groups in total. The number of nitrogens with one attached hydrogen (secondary N) is 2. The normalized spacial score (nSPS) is 11.1. The molecule has 4 nitrogen and oxygen atoms in total. The monoisotopic (exact) mass is 370 g/mol. The highest BCUT2D eigenvalue weighted by atomic mass is 35.5. The highest BCUT2D eigenvalue weighted by Crippen LogP contribution is 2.36. The third-order valence-corrected chi connectivity index (χ3v) is 3.61. The minimum Gasteiger partial charge on any atom is -0.318 e. The van der Waals surface area contributed by atoms with E-state index in [1.165, 1.54) is 6.07 Å². The van der Waals surface area contributed by atoms with Crippen LogP contribution in [0.1, 0.15) is 16.7 Å². The highest BCUT2D eigenvalue weighted by Gasteiger charge is 2.34. The highest BCUT2D eigenvalue weighted by molar-refractivity contribution is 6.43. The van der Waals surface area contributed by atoms with Crippen LogP contribution in [0.5, 0.6) is 0 Å². The van der Waals surface area contributed by atoms with E-state index in [-0.39, 0.29) is 5.02 Å². The van der Waals surface area contributed by atoms with Crippen molar-refractivity contribution in [3.63, 3.8) is 0 Å². The Bertz CT molecular complexity index is 835. The largest absolute Gasteiger partial charge is 0.418 e. The lowest BCUT2D eigenvalue weighted by Crippen LogP contribution is -2.30. The standard InChI is InChI=1S/C17H14ClF3N2O2/c1-9-3-5-13(10(2)7-9)22-15(24)16(25)23-14-6-4-11(18)8-12(14)17(19,20)21/h3-8H,1-2H3,(H,22,24)(H,23,25). The Kier molecular flexibility index (Phi) is 5.37. The topological polar surface area (TPSA) is 58.2 Å². The van der Waals surface area contributed by atoms with Crippen molar-refractivity contribution in [3.05, 3.63) is 58.1 Å². The number of hydrogen-bond acceptors (Lipinski definition) is 2. The molecule has 0 aliphatic heterocycles. The molecule has 0 unspecified atom stereocenters. The van der Waals surface area contributed by atoms with Crippen LogP contribution < -0.4 is 10.6 Å². The first-order valence-electron chi connectivity index (χ1n) is 7.14. The van der Waals surface area contributed by atoms with E-state index in [9.17, 15) is 22.8 Å². The average Bonchev–Trinajstić information content (AvgIpc) is 2.50. The fourth-order valence-electron chi connectivity index (χ4n) is 2.17. The number of anilines is 2. The molecule has 0 aliphatic rings. The maximum Gasteiger partial charge on any atom is 0.418 e. The van der Waals surface area contributed by atoms with Gasteiger partial charge in [-0.05, 0) is 43.7 Å². The Balaban J connectivity index is 2.18. The molecule has 0 saturated heterocycles. The van der Waals surface area contributed by atoms with Gasteiger partial charge in [0.05, 0.1) is 11.3 Å². The molecule has 0 bridgehead atoms. The van der Waals surface area contributed by atoms with Crippen molar-refractivity contribution in [3.8, 4) is 0 Å². The number of carbonyl (C=O) groups is 2. The van der Waals surface area contributed by atoms with E-state index in [0.717, 1.165) is 17.2 Å². The van der Waals surface area contributed by atoms with Crippen molar-refractivity contribution in [2.24, 2.45) is 0 Å². The maximum absolute atomic E-state index is 13.0. The van der Waals surface area contributed by atoms with Crippen LogP contribution in [0.15, 0.2) is 36.4 Å². The predicted octanol–water partition coefficient (Wildman–Crippen LogP) is 4.55. The second-order valence-corrected chi connectivity index (χ2v) is 5.85. The minimum absolute atomic E-state index is 0.134. The Hall–Kier alpha value is -2.54. The molecule has 0 radical (unpaired) electrons. The van der Waals surface area contributed by atoms with Gasteiger partial charge in [0.2, 0.25) is 0 Å². The van der Waals surface area contributed by atoms with Crippen molar-refractivity contribution in [1.82, 2.24) is 0 Å². The van der Waals surface area contributed by atoms with E-state index in [2.05, 4.69) is 5.32 Å². The van der Waals surface area contributed by atoms with Crippen LogP contribution >= 0.6 is 11.6 Å². The van der Waals surface area contributed by atoms with Crippen LogP contribution in [0.3, 0.4) is 0 Å². The van der Waals surface area contributed by atoms with E-state index in [1.54, 1.807) is 25.1 Å². The van der Waals surface area contributed by atoms with E-state index in [1.807, 2.05) is 12.2 Å². The summed E-state index contributed by atoms with van der Waals surface area (Å²) in [6.45, 7) is 3.60. The SMILES string of the molecule is Cc1ccc(NC(=O)C(=O)Nc2ccc(Cl)cc2C(F)(F)F)c(C)c1. The van der Waals surface area contributed by atoms with Crippen LogP contribution in [0.25, 0.3) is 0 Å². The molecular formula is C17H14ClF3N2O2. The Morgan fingerprint density at radius 1 is 0.920 bits per heavy atom. The van der Waals surface area contributed by atoms with Gasteiger partial charge in [-0.25, -0.2) is 0 Å². The zero-order valence-corrected chi connectivity index (χ0v) is 14.0. The zero-order chi connectivity index (χ0) is 18.8. The molecule has 0 aliphatic carbocycles. The molecule has 2 amide bonds. The molecule has 8 heteroatoms. The number of aryl methyl sites for hydroxylation is 2. The van der Waals surface area contributed by atoms with E-state index in [4.69, 9.17) is 11.6 Å². The van der Waals surface area contributed by atoms with Gasteiger partial charge in [-0.15, -0.1) is 0 Å². The first-order valence-corrected chi connectivity index (χ1v) is 7.52. The summed E-state index contributed by atoms with van der Waals surface area (Å²) in [6.07, 6.45) is -4.72. The van der Waals surface area contributed by atoms with Gasteiger partial charge in [-0.1, -0.05) is 29.3 Å². The first kappa shape index (κ1) is 18.8. The molecule has 0 atom stereocenters. The molecule has 132 valence electrons. The van der Waals surface area contributed by atoms with Crippen LogP contribution in [-0.2, 0) is 15.8 Å². The van der Waals surface area contributed by atoms with Crippen LogP contribution in [0.4, 0.5) is 24.5 Å². The quantitative estimate of drug-likeness (QED) is 0.762. The number of amides is 2. The fraction of sp³-hybridized carbons (Fsp3) is 0.176. The lowest BCUT2D eigenvalue weighted by atomic mass is 10.1. The van der Waals surface area contributed by atoms with Crippen LogP contribution in [0, 0.1) is 13.8 Å².